The molecule has 0 spiro atoms. The van der Waals surface area contributed by atoms with Gasteiger partial charge in [0.25, 0.3) is 5.91 Å². The van der Waals surface area contributed by atoms with Crippen LogP contribution in [0.2, 0.25) is 0 Å². The molecule has 4 amide bonds. The maximum absolute atomic E-state index is 14.5. The second-order valence-corrected chi connectivity index (χ2v) is 14.2. The largest absolute Gasteiger partial charge is 0.442 e. The Labute approximate surface area is 302 Å². The lowest BCUT2D eigenvalue weighted by atomic mass is 9.97. The molecule has 0 aliphatic rings. The Balaban J connectivity index is 1.58. The Hall–Kier alpha value is -4.37. The van der Waals surface area contributed by atoms with Gasteiger partial charge in [0.1, 0.15) is 12.6 Å². The molecule has 4 N–H and O–H groups in total. The summed E-state index contributed by atoms with van der Waals surface area (Å²) in [7, 11) is 1.64. The lowest BCUT2D eigenvalue weighted by Crippen LogP contribution is -2.64. The van der Waals surface area contributed by atoms with Crippen LogP contribution < -0.4 is 16.1 Å². The van der Waals surface area contributed by atoms with Gasteiger partial charge in [0.05, 0.1) is 35.1 Å². The Kier molecular flexibility index (Phi) is 14.7. The summed E-state index contributed by atoms with van der Waals surface area (Å²) in [6, 6.07) is 18.4. The number of hydrogen-bond acceptors (Lipinski definition) is 10. The van der Waals surface area contributed by atoms with E-state index >= 15 is 0 Å². The summed E-state index contributed by atoms with van der Waals surface area (Å²) in [5, 5.41) is 23.6. The summed E-state index contributed by atoms with van der Waals surface area (Å²) >= 11 is 2.77. The van der Waals surface area contributed by atoms with E-state index in [-0.39, 0.29) is 38.0 Å². The number of rotatable bonds is 16. The first-order valence-corrected chi connectivity index (χ1v) is 18.3. The summed E-state index contributed by atoms with van der Waals surface area (Å²) in [5.74, 6) is -0.714. The van der Waals surface area contributed by atoms with Crippen molar-refractivity contribution in [3.05, 3.63) is 105 Å². The highest BCUT2D eigenvalue weighted by Gasteiger charge is 2.38. The standard InChI is InChI=1S/C36H47N7O5S2/c1-24(2)32(39-35(46)42(5)21-29-23-49-33(38-29)25(3)4)34(45)43(40-36(47)48-22-28-16-17-50-41-28)30(18-26-12-8-6-9-13-26)31(44)20-37-19-27-14-10-7-11-15-27/h6-17,23-25,30-32,37,44H,18-22H2,1-5H3,(H,39,46)(H,40,47)/t30-,31-,32-/m0/s1. The average Bonchev–Trinajstić information content (AvgIpc) is 3.81. The minimum absolute atomic E-state index is 0.105. The third-order valence-corrected chi connectivity index (χ3v) is 9.69. The van der Waals surface area contributed by atoms with Crippen molar-refractivity contribution in [2.45, 2.75) is 77.9 Å². The number of carbonyl (C=O) groups excluding carboxylic acids is 3. The van der Waals surface area contributed by atoms with E-state index in [1.54, 1.807) is 43.7 Å². The molecule has 0 radical (unpaired) electrons. The Bertz CT molecular complexity index is 1620. The van der Waals surface area contributed by atoms with Crippen molar-refractivity contribution in [2.75, 3.05) is 13.6 Å². The first kappa shape index (κ1) is 38.4. The van der Waals surface area contributed by atoms with Crippen LogP contribution >= 0.6 is 22.9 Å². The van der Waals surface area contributed by atoms with Gasteiger partial charge in [-0.2, -0.15) is 4.37 Å². The molecule has 0 fully saturated rings. The van der Waals surface area contributed by atoms with Gasteiger partial charge >= 0.3 is 12.1 Å². The summed E-state index contributed by atoms with van der Waals surface area (Å²) in [6.07, 6.45) is -1.83. The number of aliphatic hydroxyl groups excluding tert-OH is 1. The van der Waals surface area contributed by atoms with E-state index < -0.39 is 36.2 Å². The molecule has 2 aromatic carbocycles. The van der Waals surface area contributed by atoms with Gasteiger partial charge in [0.2, 0.25) is 0 Å². The first-order valence-electron chi connectivity index (χ1n) is 16.6. The number of ether oxygens (including phenoxy) is 1. The number of thiazole rings is 1. The van der Waals surface area contributed by atoms with E-state index in [1.807, 2.05) is 66.0 Å². The third kappa shape index (κ3) is 11.6. The summed E-state index contributed by atoms with van der Waals surface area (Å²) in [6.45, 7) is 8.48. The van der Waals surface area contributed by atoms with Gasteiger partial charge in [0.15, 0.2) is 0 Å². The fraction of sp³-hybridized carbons (Fsp3) is 0.417. The molecule has 0 saturated heterocycles. The number of nitrogens with one attached hydrogen (secondary N) is 3. The topological polar surface area (TPSA) is 149 Å². The van der Waals surface area contributed by atoms with Crippen LogP contribution in [-0.4, -0.2) is 74.2 Å². The Morgan fingerprint density at radius 2 is 1.62 bits per heavy atom. The highest BCUT2D eigenvalue weighted by Crippen LogP contribution is 2.20. The van der Waals surface area contributed by atoms with E-state index in [2.05, 4.69) is 39.3 Å². The molecule has 3 atom stereocenters. The zero-order valence-corrected chi connectivity index (χ0v) is 30.7. The minimum atomic E-state index is -1.13. The fourth-order valence-electron chi connectivity index (χ4n) is 5.12. The van der Waals surface area contributed by atoms with Gasteiger partial charge in [-0.05, 0) is 41.1 Å². The van der Waals surface area contributed by atoms with Gasteiger partial charge in [-0.3, -0.25) is 4.79 Å². The number of aromatic nitrogens is 2. The predicted octanol–water partition coefficient (Wildman–Crippen LogP) is 5.32. The quantitative estimate of drug-likeness (QED) is 0.114. The molecule has 0 aliphatic carbocycles. The van der Waals surface area contributed by atoms with Crippen LogP contribution in [0.4, 0.5) is 9.59 Å². The predicted molar refractivity (Wildman–Crippen MR) is 195 cm³/mol. The van der Waals surface area contributed by atoms with Crippen molar-refractivity contribution in [1.29, 1.82) is 0 Å². The van der Waals surface area contributed by atoms with Crippen molar-refractivity contribution >= 4 is 40.9 Å². The third-order valence-electron chi connectivity index (χ3n) is 7.90. The maximum Gasteiger partial charge on any atom is 0.426 e. The summed E-state index contributed by atoms with van der Waals surface area (Å²) < 4.78 is 9.60. The zero-order valence-electron chi connectivity index (χ0n) is 29.1. The highest BCUT2D eigenvalue weighted by molar-refractivity contribution is 7.09. The number of hydrazine groups is 1. The van der Waals surface area contributed by atoms with Crippen LogP contribution in [0.1, 0.15) is 61.1 Å². The van der Waals surface area contributed by atoms with Gasteiger partial charge in [-0.25, -0.2) is 25.0 Å². The Morgan fingerprint density at radius 3 is 2.22 bits per heavy atom. The van der Waals surface area contributed by atoms with Crippen molar-refractivity contribution in [3.8, 4) is 0 Å². The molecular formula is C36H47N7O5S2. The molecule has 50 heavy (non-hydrogen) atoms. The highest BCUT2D eigenvalue weighted by atomic mass is 32.1. The summed E-state index contributed by atoms with van der Waals surface area (Å²) in [4.78, 5) is 47.4. The van der Waals surface area contributed by atoms with Gasteiger partial charge in [-0.1, -0.05) is 88.4 Å². The molecular weight excluding hydrogens is 675 g/mol. The lowest BCUT2D eigenvalue weighted by molar-refractivity contribution is -0.143. The second kappa shape index (κ2) is 19.1. The van der Waals surface area contributed by atoms with Crippen LogP contribution in [0.3, 0.4) is 0 Å². The molecule has 2 heterocycles. The van der Waals surface area contributed by atoms with Crippen molar-refractivity contribution in [2.24, 2.45) is 5.92 Å². The summed E-state index contributed by atoms with van der Waals surface area (Å²) in [5.41, 5.74) is 5.80. The van der Waals surface area contributed by atoms with Gasteiger partial charge in [0, 0.05) is 36.8 Å². The van der Waals surface area contributed by atoms with E-state index in [1.165, 1.54) is 16.4 Å². The molecule has 268 valence electrons. The molecule has 4 rings (SSSR count). The SMILES string of the molecule is CC(C)c1nc(CN(C)C(=O)N[C@H](C(=O)N(NC(=O)OCc2ccsn2)[C@@H](Cc2ccccc2)[C@@H](O)CNCc2ccccc2)C(C)C)cs1. The number of nitrogens with zero attached hydrogens (tertiary/aromatic N) is 4. The second-order valence-electron chi connectivity index (χ2n) is 12.7. The number of carbonyl (C=O) groups is 3. The van der Waals surface area contributed by atoms with Gasteiger partial charge < -0.3 is 25.4 Å². The van der Waals surface area contributed by atoms with Crippen molar-refractivity contribution in [3.63, 3.8) is 0 Å². The number of benzene rings is 2. The molecule has 0 saturated carbocycles. The number of amides is 4. The van der Waals surface area contributed by atoms with E-state index in [0.717, 1.165) is 26.8 Å². The van der Waals surface area contributed by atoms with Crippen LogP contribution in [-0.2, 0) is 35.6 Å². The van der Waals surface area contributed by atoms with E-state index in [0.29, 0.717) is 12.2 Å². The van der Waals surface area contributed by atoms with Crippen LogP contribution in [0.5, 0.6) is 0 Å². The molecule has 2 aromatic heterocycles. The van der Waals surface area contributed by atoms with Crippen LogP contribution in [0.25, 0.3) is 0 Å². The molecule has 0 unspecified atom stereocenters. The van der Waals surface area contributed by atoms with Crippen molar-refractivity contribution < 1.29 is 24.2 Å². The van der Waals surface area contributed by atoms with Crippen molar-refractivity contribution in [1.82, 2.24) is 35.3 Å². The van der Waals surface area contributed by atoms with Crippen LogP contribution in [0.15, 0.2) is 77.5 Å². The van der Waals surface area contributed by atoms with Crippen LogP contribution in [0, 0.1) is 5.92 Å². The number of urea groups is 1. The normalized spacial score (nSPS) is 13.0. The first-order chi connectivity index (χ1) is 24.0. The molecule has 12 nitrogen and oxygen atoms in total. The monoisotopic (exact) mass is 721 g/mol. The molecule has 4 aromatic rings. The molecule has 0 aliphatic heterocycles. The maximum atomic E-state index is 14.5. The molecule has 0 bridgehead atoms. The average molecular weight is 722 g/mol. The van der Waals surface area contributed by atoms with Gasteiger partial charge in [-0.15, -0.1) is 11.3 Å². The fourth-order valence-corrected chi connectivity index (χ4v) is 6.47. The van der Waals surface area contributed by atoms with E-state index in [9.17, 15) is 19.5 Å². The smallest absolute Gasteiger partial charge is 0.426 e. The Morgan fingerprint density at radius 1 is 0.940 bits per heavy atom. The number of hydrogen-bond donors (Lipinski definition) is 4. The number of aliphatic hydroxyl groups is 1. The zero-order chi connectivity index (χ0) is 36.0. The molecule has 14 heteroatoms. The minimum Gasteiger partial charge on any atom is -0.442 e. The van der Waals surface area contributed by atoms with E-state index in [4.69, 9.17) is 4.74 Å². The lowest BCUT2D eigenvalue weighted by Gasteiger charge is -2.38.